The second-order valence-electron chi connectivity index (χ2n) is 9.82. The summed E-state index contributed by atoms with van der Waals surface area (Å²) in [6, 6.07) is 0. The van der Waals surface area contributed by atoms with Crippen molar-refractivity contribution in [2.75, 3.05) is 32.1 Å². The van der Waals surface area contributed by atoms with Gasteiger partial charge in [-0.25, -0.2) is 9.97 Å². The van der Waals surface area contributed by atoms with E-state index < -0.39 is 0 Å². The van der Waals surface area contributed by atoms with Crippen LogP contribution in [0.4, 0.5) is 5.82 Å². The fourth-order valence-corrected chi connectivity index (χ4v) is 6.93. The average molecular weight is 401 g/mol. The number of ether oxygens (including phenoxy) is 1. The van der Waals surface area contributed by atoms with E-state index in [4.69, 9.17) is 4.74 Å². The van der Waals surface area contributed by atoms with Gasteiger partial charge >= 0.3 is 0 Å². The fraction of sp³-hybridized carbons (Fsp3) is 0.773. The van der Waals surface area contributed by atoms with E-state index in [9.17, 15) is 9.90 Å². The normalized spacial score (nSPS) is 33.4. The summed E-state index contributed by atoms with van der Waals surface area (Å²) in [6.07, 6.45) is 9.70. The molecule has 29 heavy (non-hydrogen) atoms. The molecule has 1 amide bonds. The quantitative estimate of drug-likeness (QED) is 0.759. The van der Waals surface area contributed by atoms with E-state index in [-0.39, 0.29) is 24.0 Å². The molecule has 158 valence electrons. The summed E-state index contributed by atoms with van der Waals surface area (Å²) in [5.74, 6) is 3.30. The highest BCUT2D eigenvalue weighted by Gasteiger charge is 2.53. The van der Waals surface area contributed by atoms with Crippen molar-refractivity contribution < 1.29 is 14.6 Å². The van der Waals surface area contributed by atoms with Gasteiger partial charge in [0, 0.05) is 25.8 Å². The molecule has 2 heterocycles. The third-order valence-electron chi connectivity index (χ3n) is 7.88. The number of methoxy groups -OCH3 is 1. The zero-order chi connectivity index (χ0) is 20.0. The van der Waals surface area contributed by atoms with Crippen LogP contribution in [-0.4, -0.2) is 58.8 Å². The molecule has 2 N–H and O–H groups in total. The number of amides is 1. The minimum atomic E-state index is -0.329. The van der Waals surface area contributed by atoms with Crippen LogP contribution in [0.2, 0.25) is 0 Å². The number of aromatic nitrogens is 2. The number of aliphatic hydroxyl groups is 1. The van der Waals surface area contributed by atoms with Crippen LogP contribution in [-0.2, 0) is 22.5 Å². The zero-order valence-corrected chi connectivity index (χ0v) is 17.3. The molecule has 7 nitrogen and oxygen atoms in total. The lowest BCUT2D eigenvalue weighted by Gasteiger charge is -2.58. The molecule has 0 radical (unpaired) electrons. The number of fused-ring (bicyclic) bond motifs is 1. The highest BCUT2D eigenvalue weighted by Crippen LogP contribution is 2.61. The van der Waals surface area contributed by atoms with Crippen molar-refractivity contribution in [3.8, 4) is 0 Å². The summed E-state index contributed by atoms with van der Waals surface area (Å²) in [7, 11) is 1.54. The van der Waals surface area contributed by atoms with Crippen molar-refractivity contribution in [2.45, 2.75) is 57.6 Å². The second kappa shape index (κ2) is 7.51. The summed E-state index contributed by atoms with van der Waals surface area (Å²) in [6.45, 7) is 1.78. The first-order valence-electron chi connectivity index (χ1n) is 11.1. The van der Waals surface area contributed by atoms with Gasteiger partial charge in [-0.1, -0.05) is 0 Å². The Morgan fingerprint density at radius 1 is 1.28 bits per heavy atom. The van der Waals surface area contributed by atoms with E-state index in [0.717, 1.165) is 41.2 Å². The highest BCUT2D eigenvalue weighted by molar-refractivity contribution is 5.77. The summed E-state index contributed by atoms with van der Waals surface area (Å²) in [4.78, 5) is 22.8. The number of aliphatic hydroxyl groups excluding tert-OH is 1. The lowest BCUT2D eigenvalue weighted by atomic mass is 9.48. The van der Waals surface area contributed by atoms with Gasteiger partial charge in [-0.3, -0.25) is 4.79 Å². The van der Waals surface area contributed by atoms with E-state index in [2.05, 4.69) is 15.3 Å². The lowest BCUT2D eigenvalue weighted by molar-refractivity contribution is -0.136. The maximum atomic E-state index is 12.1. The van der Waals surface area contributed by atoms with Crippen LogP contribution in [0.3, 0.4) is 0 Å². The Hall–Kier alpha value is -1.73. The topological polar surface area (TPSA) is 87.6 Å². The van der Waals surface area contributed by atoms with Crippen LogP contribution in [0.25, 0.3) is 0 Å². The predicted octanol–water partition coefficient (Wildman–Crippen LogP) is 2.00. The van der Waals surface area contributed by atoms with E-state index in [1.807, 2.05) is 0 Å². The number of nitrogens with zero attached hydrogens (tertiary/aromatic N) is 3. The molecule has 1 aromatic rings. The molecule has 6 rings (SSSR count). The minimum absolute atomic E-state index is 0.0106. The third-order valence-corrected chi connectivity index (χ3v) is 7.88. The Balaban J connectivity index is 1.25. The standard InChI is InChI=1S/C22H32N4O3/c1-29-12-20(28)26-3-2-17-18(11-26)24-13-25-21(17)23-10-19(27)22-7-14-4-15(8-22)6-16(5-14)9-22/h13-16,19,27H,2-12H2,1H3,(H,23,24,25). The van der Waals surface area contributed by atoms with Crippen LogP contribution >= 0.6 is 0 Å². The van der Waals surface area contributed by atoms with Gasteiger partial charge < -0.3 is 20.1 Å². The molecule has 0 saturated heterocycles. The molecule has 1 aliphatic heterocycles. The van der Waals surface area contributed by atoms with Crippen LogP contribution < -0.4 is 5.32 Å². The first-order valence-corrected chi connectivity index (χ1v) is 11.1. The monoisotopic (exact) mass is 400 g/mol. The van der Waals surface area contributed by atoms with Gasteiger partial charge in [0.25, 0.3) is 0 Å². The average Bonchev–Trinajstić information content (AvgIpc) is 2.70. The highest BCUT2D eigenvalue weighted by atomic mass is 16.5. The Labute approximate surface area is 172 Å². The summed E-state index contributed by atoms with van der Waals surface area (Å²) in [5, 5.41) is 14.6. The molecule has 4 bridgehead atoms. The summed E-state index contributed by atoms with van der Waals surface area (Å²) < 4.78 is 4.97. The molecule has 1 unspecified atom stereocenters. The van der Waals surface area contributed by atoms with Gasteiger partial charge in [0.15, 0.2) is 0 Å². The van der Waals surface area contributed by atoms with Crippen molar-refractivity contribution in [2.24, 2.45) is 23.2 Å². The number of carbonyl (C=O) groups is 1. The summed E-state index contributed by atoms with van der Waals surface area (Å²) >= 11 is 0. The van der Waals surface area contributed by atoms with E-state index >= 15 is 0 Å². The summed E-state index contributed by atoms with van der Waals surface area (Å²) in [5.41, 5.74) is 2.08. The van der Waals surface area contributed by atoms with Gasteiger partial charge in [0.1, 0.15) is 18.8 Å². The van der Waals surface area contributed by atoms with Crippen molar-refractivity contribution in [3.63, 3.8) is 0 Å². The van der Waals surface area contributed by atoms with E-state index in [0.29, 0.717) is 19.6 Å². The number of carbonyl (C=O) groups excluding carboxylic acids is 1. The maximum absolute atomic E-state index is 12.1. The molecular weight excluding hydrogens is 368 g/mol. The Kier molecular flexibility index (Phi) is 4.98. The van der Waals surface area contributed by atoms with Crippen molar-refractivity contribution in [3.05, 3.63) is 17.6 Å². The van der Waals surface area contributed by atoms with Gasteiger partial charge in [-0.15, -0.1) is 0 Å². The first kappa shape index (κ1) is 19.2. The largest absolute Gasteiger partial charge is 0.391 e. The fourth-order valence-electron chi connectivity index (χ4n) is 6.93. The first-order chi connectivity index (χ1) is 14.1. The van der Waals surface area contributed by atoms with Crippen molar-refractivity contribution in [1.82, 2.24) is 14.9 Å². The van der Waals surface area contributed by atoms with Gasteiger partial charge in [-0.2, -0.15) is 0 Å². The molecular formula is C22H32N4O3. The van der Waals surface area contributed by atoms with Crippen LogP contribution in [0.15, 0.2) is 6.33 Å². The third kappa shape index (κ3) is 3.52. The smallest absolute Gasteiger partial charge is 0.248 e. The molecule has 4 fully saturated rings. The minimum Gasteiger partial charge on any atom is -0.391 e. The van der Waals surface area contributed by atoms with E-state index in [1.54, 1.807) is 11.2 Å². The molecule has 0 spiro atoms. The van der Waals surface area contributed by atoms with Crippen LogP contribution in [0, 0.1) is 23.2 Å². The van der Waals surface area contributed by atoms with Gasteiger partial charge in [0.05, 0.1) is 18.3 Å². The number of nitrogens with one attached hydrogen (secondary N) is 1. The Morgan fingerprint density at radius 3 is 2.62 bits per heavy atom. The number of anilines is 1. The van der Waals surface area contributed by atoms with E-state index in [1.165, 1.54) is 45.6 Å². The Bertz CT molecular complexity index is 748. The maximum Gasteiger partial charge on any atom is 0.248 e. The van der Waals surface area contributed by atoms with Gasteiger partial charge in [-0.05, 0) is 68.1 Å². The second-order valence-corrected chi connectivity index (χ2v) is 9.82. The number of hydrogen-bond donors (Lipinski definition) is 2. The molecule has 0 aromatic carbocycles. The molecule has 1 atom stereocenters. The molecule has 4 saturated carbocycles. The zero-order valence-electron chi connectivity index (χ0n) is 17.3. The van der Waals surface area contributed by atoms with Crippen molar-refractivity contribution >= 4 is 11.7 Å². The molecule has 4 aliphatic carbocycles. The SMILES string of the molecule is COCC(=O)N1CCc2c(ncnc2NCC(O)C23CC4CC(CC(C4)C2)C3)C1. The predicted molar refractivity (Wildman–Crippen MR) is 108 cm³/mol. The number of rotatable bonds is 6. The molecule has 7 heteroatoms. The molecule has 1 aromatic heterocycles. The lowest BCUT2D eigenvalue weighted by Crippen LogP contribution is -2.53. The van der Waals surface area contributed by atoms with Gasteiger partial charge in [0.2, 0.25) is 5.91 Å². The Morgan fingerprint density at radius 2 is 1.97 bits per heavy atom. The van der Waals surface area contributed by atoms with Crippen molar-refractivity contribution in [1.29, 1.82) is 0 Å². The van der Waals surface area contributed by atoms with Crippen LogP contribution in [0.1, 0.15) is 49.8 Å². The molecule has 5 aliphatic rings. The van der Waals surface area contributed by atoms with Crippen LogP contribution in [0.5, 0.6) is 0 Å². The number of hydrogen-bond acceptors (Lipinski definition) is 6.